The smallest absolute Gasteiger partial charge is 0.276 e. The van der Waals surface area contributed by atoms with Crippen molar-refractivity contribution in [3.63, 3.8) is 0 Å². The molecular formula is C14H21N3O2. The minimum atomic E-state index is 0.0145. The minimum Gasteiger partial charge on any atom is -0.361 e. The quantitative estimate of drug-likeness (QED) is 0.836. The maximum Gasteiger partial charge on any atom is 0.276 e. The molecule has 1 aromatic rings. The molecule has 1 amide bonds. The molecular weight excluding hydrogens is 242 g/mol. The number of rotatable bonds is 1. The third-order valence-corrected chi connectivity index (χ3v) is 4.62. The average Bonchev–Trinajstić information content (AvgIpc) is 2.87. The highest BCUT2D eigenvalue weighted by molar-refractivity contribution is 5.92. The molecule has 5 heteroatoms. The number of hydrogen-bond donors (Lipinski definition) is 1. The molecule has 1 aromatic heterocycles. The third-order valence-electron chi connectivity index (χ3n) is 4.62. The molecule has 19 heavy (non-hydrogen) atoms. The van der Waals surface area contributed by atoms with Crippen LogP contribution in [0.5, 0.6) is 0 Å². The summed E-state index contributed by atoms with van der Waals surface area (Å²) in [5.41, 5.74) is 0.917. The van der Waals surface area contributed by atoms with E-state index < -0.39 is 0 Å². The van der Waals surface area contributed by atoms with Crippen LogP contribution in [-0.2, 0) is 0 Å². The Labute approximate surface area is 113 Å². The van der Waals surface area contributed by atoms with Crippen molar-refractivity contribution in [1.29, 1.82) is 0 Å². The van der Waals surface area contributed by atoms with E-state index >= 15 is 0 Å². The lowest BCUT2D eigenvalue weighted by atomic mass is 9.71. The van der Waals surface area contributed by atoms with Crippen molar-refractivity contribution in [3.8, 4) is 0 Å². The normalized spacial score (nSPS) is 22.7. The number of nitrogens with one attached hydrogen (secondary N) is 1. The molecule has 0 radical (unpaired) electrons. The molecule has 5 nitrogen and oxygen atoms in total. The lowest BCUT2D eigenvalue weighted by Gasteiger charge is -2.44. The van der Waals surface area contributed by atoms with Crippen LogP contribution in [-0.4, -0.2) is 42.1 Å². The second-order valence-electron chi connectivity index (χ2n) is 5.87. The molecule has 104 valence electrons. The summed E-state index contributed by atoms with van der Waals surface area (Å²) >= 11 is 0. The monoisotopic (exact) mass is 263 g/mol. The summed E-state index contributed by atoms with van der Waals surface area (Å²) in [6, 6.07) is 1.72. The number of likely N-dealkylation sites (tertiary alicyclic amines) is 1. The lowest BCUT2D eigenvalue weighted by molar-refractivity contribution is 0.0487. The molecule has 0 aliphatic carbocycles. The number of hydrogen-bond acceptors (Lipinski definition) is 4. The molecule has 1 N–H and O–H groups in total. The van der Waals surface area contributed by atoms with E-state index in [9.17, 15) is 4.79 Å². The van der Waals surface area contributed by atoms with E-state index in [0.29, 0.717) is 16.9 Å². The highest BCUT2D eigenvalue weighted by Gasteiger charge is 2.37. The van der Waals surface area contributed by atoms with E-state index in [1.807, 2.05) is 11.8 Å². The molecule has 2 aliphatic rings. The SMILES string of the molecule is Cc1cc(C(=O)N2CCC3(CCNCC3)CC2)no1. The number of nitrogens with zero attached hydrogens (tertiary/aromatic N) is 2. The van der Waals surface area contributed by atoms with Crippen LogP contribution in [0, 0.1) is 12.3 Å². The van der Waals surface area contributed by atoms with Crippen LogP contribution in [0.2, 0.25) is 0 Å². The molecule has 0 unspecified atom stereocenters. The van der Waals surface area contributed by atoms with Gasteiger partial charge in [0.15, 0.2) is 5.69 Å². The summed E-state index contributed by atoms with van der Waals surface area (Å²) in [4.78, 5) is 14.2. The molecule has 0 bridgehead atoms. The van der Waals surface area contributed by atoms with Crippen molar-refractivity contribution in [1.82, 2.24) is 15.4 Å². The zero-order valence-electron chi connectivity index (χ0n) is 11.4. The van der Waals surface area contributed by atoms with Gasteiger partial charge in [-0.3, -0.25) is 4.79 Å². The Morgan fingerprint density at radius 2 is 2.00 bits per heavy atom. The molecule has 2 fully saturated rings. The maximum atomic E-state index is 12.3. The highest BCUT2D eigenvalue weighted by atomic mass is 16.5. The van der Waals surface area contributed by atoms with Gasteiger partial charge in [-0.2, -0.15) is 0 Å². The Kier molecular flexibility index (Phi) is 3.31. The van der Waals surface area contributed by atoms with Crippen LogP contribution in [0.4, 0.5) is 0 Å². The molecule has 2 aliphatic heterocycles. The van der Waals surface area contributed by atoms with Crippen LogP contribution < -0.4 is 5.32 Å². The summed E-state index contributed by atoms with van der Waals surface area (Å²) in [5.74, 6) is 0.704. The fraction of sp³-hybridized carbons (Fsp3) is 0.714. The topological polar surface area (TPSA) is 58.4 Å². The van der Waals surface area contributed by atoms with Crippen molar-refractivity contribution in [3.05, 3.63) is 17.5 Å². The van der Waals surface area contributed by atoms with Gasteiger partial charge >= 0.3 is 0 Å². The van der Waals surface area contributed by atoms with Gasteiger partial charge < -0.3 is 14.7 Å². The van der Waals surface area contributed by atoms with Gasteiger partial charge in [-0.05, 0) is 51.1 Å². The minimum absolute atomic E-state index is 0.0145. The zero-order chi connectivity index (χ0) is 13.3. The van der Waals surface area contributed by atoms with Crippen molar-refractivity contribution in [2.45, 2.75) is 32.6 Å². The van der Waals surface area contributed by atoms with E-state index in [-0.39, 0.29) is 5.91 Å². The van der Waals surface area contributed by atoms with Gasteiger partial charge in [0.05, 0.1) is 0 Å². The first-order valence-electron chi connectivity index (χ1n) is 7.12. The number of piperidine rings is 2. The number of carbonyl (C=O) groups excluding carboxylic acids is 1. The van der Waals surface area contributed by atoms with Gasteiger partial charge in [0.1, 0.15) is 5.76 Å². The van der Waals surface area contributed by atoms with Gasteiger partial charge in [0.2, 0.25) is 0 Å². The van der Waals surface area contributed by atoms with Crippen molar-refractivity contribution in [2.24, 2.45) is 5.41 Å². The van der Waals surface area contributed by atoms with Gasteiger partial charge in [0, 0.05) is 19.2 Å². The molecule has 0 saturated carbocycles. The number of aromatic nitrogens is 1. The van der Waals surface area contributed by atoms with E-state index in [4.69, 9.17) is 4.52 Å². The summed E-state index contributed by atoms with van der Waals surface area (Å²) in [6.07, 6.45) is 4.74. The zero-order valence-corrected chi connectivity index (χ0v) is 11.4. The predicted octanol–water partition coefficient (Wildman–Crippen LogP) is 1.59. The summed E-state index contributed by atoms with van der Waals surface area (Å²) in [6.45, 7) is 5.76. The van der Waals surface area contributed by atoms with Crippen LogP contribution in [0.3, 0.4) is 0 Å². The Morgan fingerprint density at radius 1 is 1.32 bits per heavy atom. The Bertz CT molecular complexity index is 453. The van der Waals surface area contributed by atoms with Gasteiger partial charge in [-0.25, -0.2) is 0 Å². The van der Waals surface area contributed by atoms with Crippen molar-refractivity contribution < 1.29 is 9.32 Å². The number of carbonyl (C=O) groups is 1. The van der Waals surface area contributed by atoms with Gasteiger partial charge in [-0.1, -0.05) is 5.16 Å². The number of amides is 1. The van der Waals surface area contributed by atoms with Crippen LogP contribution in [0.1, 0.15) is 41.9 Å². The first-order valence-corrected chi connectivity index (χ1v) is 7.12. The predicted molar refractivity (Wildman–Crippen MR) is 70.9 cm³/mol. The Morgan fingerprint density at radius 3 is 2.58 bits per heavy atom. The van der Waals surface area contributed by atoms with E-state index in [2.05, 4.69) is 10.5 Å². The van der Waals surface area contributed by atoms with Crippen molar-refractivity contribution in [2.75, 3.05) is 26.2 Å². The number of aryl methyl sites for hydroxylation is 1. The van der Waals surface area contributed by atoms with Gasteiger partial charge in [0.25, 0.3) is 5.91 Å². The molecule has 2 saturated heterocycles. The highest BCUT2D eigenvalue weighted by Crippen LogP contribution is 2.39. The molecule has 0 atom stereocenters. The van der Waals surface area contributed by atoms with Crippen LogP contribution in [0.15, 0.2) is 10.6 Å². The second-order valence-corrected chi connectivity index (χ2v) is 5.87. The molecule has 1 spiro atoms. The Balaban J connectivity index is 1.62. The van der Waals surface area contributed by atoms with E-state index in [1.165, 1.54) is 12.8 Å². The van der Waals surface area contributed by atoms with E-state index in [0.717, 1.165) is 39.0 Å². The first kappa shape index (κ1) is 12.7. The summed E-state index contributed by atoms with van der Waals surface area (Å²) in [7, 11) is 0. The fourth-order valence-electron chi connectivity index (χ4n) is 3.27. The van der Waals surface area contributed by atoms with Gasteiger partial charge in [-0.15, -0.1) is 0 Å². The first-order chi connectivity index (χ1) is 9.19. The lowest BCUT2D eigenvalue weighted by Crippen LogP contribution is -2.47. The van der Waals surface area contributed by atoms with E-state index in [1.54, 1.807) is 6.07 Å². The Hall–Kier alpha value is -1.36. The molecule has 3 heterocycles. The van der Waals surface area contributed by atoms with Crippen LogP contribution >= 0.6 is 0 Å². The summed E-state index contributed by atoms with van der Waals surface area (Å²) in [5, 5.41) is 7.23. The second kappa shape index (κ2) is 4.96. The average molecular weight is 263 g/mol. The largest absolute Gasteiger partial charge is 0.361 e. The fourth-order valence-corrected chi connectivity index (χ4v) is 3.27. The molecule has 3 rings (SSSR count). The summed E-state index contributed by atoms with van der Waals surface area (Å²) < 4.78 is 4.98. The third kappa shape index (κ3) is 2.52. The van der Waals surface area contributed by atoms with Crippen LogP contribution in [0.25, 0.3) is 0 Å². The molecule has 0 aromatic carbocycles. The standard InChI is InChI=1S/C14H21N3O2/c1-11-10-12(16-19-11)13(18)17-8-4-14(5-9-17)2-6-15-7-3-14/h10,15H,2-9H2,1H3. The maximum absolute atomic E-state index is 12.3. The van der Waals surface area contributed by atoms with Crippen molar-refractivity contribution >= 4 is 5.91 Å².